The first-order valence-corrected chi connectivity index (χ1v) is 7.14. The van der Waals surface area contributed by atoms with Crippen molar-refractivity contribution in [2.45, 2.75) is 25.2 Å². The fourth-order valence-corrected chi connectivity index (χ4v) is 1.77. The number of nitrogens with zero attached hydrogens (tertiary/aromatic N) is 2. The van der Waals surface area contributed by atoms with Gasteiger partial charge in [0.1, 0.15) is 0 Å². The summed E-state index contributed by atoms with van der Waals surface area (Å²) in [6.45, 7) is 0. The molecule has 10 nitrogen and oxygen atoms in total. The number of alkyl halides is 2. The molecule has 0 fully saturated rings. The highest BCUT2D eigenvalue weighted by atomic mass is 19.1. The van der Waals surface area contributed by atoms with Crippen molar-refractivity contribution < 1.29 is 28.0 Å². The Morgan fingerprint density at radius 2 is 1.27 bits per heavy atom. The van der Waals surface area contributed by atoms with Crippen molar-refractivity contribution in [3.63, 3.8) is 0 Å². The topological polar surface area (TPSA) is 181 Å². The molecule has 0 aromatic heterocycles. The monoisotopic (exact) mass is 372 g/mol. The molecule has 0 saturated heterocycles. The number of carbonyl (C=O) groups excluding carboxylic acids is 2. The summed E-state index contributed by atoms with van der Waals surface area (Å²) in [6.07, 6.45) is -4.80. The normalized spacial score (nSPS) is 12.4. The predicted molar refractivity (Wildman–Crippen MR) is 87.4 cm³/mol. The van der Waals surface area contributed by atoms with Gasteiger partial charge in [0, 0.05) is 12.8 Å². The number of guanidine groups is 2. The van der Waals surface area contributed by atoms with Gasteiger partial charge in [-0.25, -0.2) is 18.4 Å². The van der Waals surface area contributed by atoms with E-state index in [1.54, 1.807) is 0 Å². The zero-order chi connectivity index (χ0) is 19.7. The Balaban J connectivity index is 2.67. The van der Waals surface area contributed by atoms with E-state index >= 15 is 0 Å². The second-order valence-electron chi connectivity index (χ2n) is 5.02. The first-order valence-electron chi connectivity index (χ1n) is 7.14. The predicted octanol–water partition coefficient (Wildman–Crippen LogP) is -1.09. The maximum absolute atomic E-state index is 13.8. The van der Waals surface area contributed by atoms with E-state index in [0.29, 0.717) is 11.1 Å². The van der Waals surface area contributed by atoms with Crippen molar-refractivity contribution in [2.75, 3.05) is 0 Å². The Bertz CT molecular complexity index is 649. The Hall–Kier alpha value is -3.44. The number of nitrogens with two attached hydrogens (primary N) is 4. The van der Waals surface area contributed by atoms with Crippen molar-refractivity contribution in [1.29, 1.82) is 0 Å². The fourth-order valence-electron chi connectivity index (χ4n) is 1.77. The quantitative estimate of drug-likeness (QED) is 0.192. The molecule has 0 amide bonds. The lowest BCUT2D eigenvalue weighted by atomic mass is 10.0. The summed E-state index contributed by atoms with van der Waals surface area (Å²) >= 11 is 0. The van der Waals surface area contributed by atoms with Gasteiger partial charge < -0.3 is 32.6 Å². The SMILES string of the molecule is NC(N)=NOC(=O)C(F)Cc1cccc(CC(F)C(=O)ON=C(N)N)c1. The number of oxime groups is 2. The van der Waals surface area contributed by atoms with Crippen molar-refractivity contribution in [1.82, 2.24) is 0 Å². The molecule has 12 heteroatoms. The number of benzene rings is 1. The van der Waals surface area contributed by atoms with Crippen LogP contribution in [0.3, 0.4) is 0 Å². The molecule has 0 radical (unpaired) electrons. The van der Waals surface area contributed by atoms with Crippen molar-refractivity contribution in [3.05, 3.63) is 35.4 Å². The Morgan fingerprint density at radius 1 is 0.885 bits per heavy atom. The van der Waals surface area contributed by atoms with E-state index < -0.39 is 36.2 Å². The van der Waals surface area contributed by atoms with E-state index in [-0.39, 0.29) is 12.8 Å². The zero-order valence-electron chi connectivity index (χ0n) is 13.5. The summed E-state index contributed by atoms with van der Waals surface area (Å²) in [4.78, 5) is 31.1. The number of rotatable bonds is 8. The third-order valence-electron chi connectivity index (χ3n) is 2.81. The smallest absolute Gasteiger partial charge is 0.367 e. The maximum Gasteiger partial charge on any atom is 0.369 e. The van der Waals surface area contributed by atoms with Gasteiger partial charge in [0.25, 0.3) is 0 Å². The second kappa shape index (κ2) is 9.76. The third kappa shape index (κ3) is 7.42. The molecule has 1 rings (SSSR count). The van der Waals surface area contributed by atoms with E-state index in [1.807, 2.05) is 0 Å². The van der Waals surface area contributed by atoms with Gasteiger partial charge in [-0.05, 0) is 21.4 Å². The fraction of sp³-hybridized carbons (Fsp3) is 0.286. The summed E-state index contributed by atoms with van der Waals surface area (Å²) in [5.74, 6) is -3.63. The van der Waals surface area contributed by atoms with E-state index in [4.69, 9.17) is 22.9 Å². The molecule has 142 valence electrons. The first kappa shape index (κ1) is 20.6. The molecule has 0 aliphatic heterocycles. The Labute approximate surface area is 146 Å². The van der Waals surface area contributed by atoms with E-state index in [1.165, 1.54) is 24.3 Å². The summed E-state index contributed by atoms with van der Waals surface area (Å²) in [5, 5.41) is 5.89. The van der Waals surface area contributed by atoms with Gasteiger partial charge in [-0.15, -0.1) is 0 Å². The highest BCUT2D eigenvalue weighted by molar-refractivity contribution is 5.79. The van der Waals surface area contributed by atoms with Crippen molar-refractivity contribution in [2.24, 2.45) is 33.2 Å². The molecular formula is C14H18F2N6O4. The van der Waals surface area contributed by atoms with Gasteiger partial charge in [-0.2, -0.15) is 0 Å². The standard InChI is InChI=1S/C14H18F2N6O4/c15-9(11(23)25-21-13(17)18)5-7-2-1-3-8(4-7)6-10(16)12(24)26-22-14(19)20/h1-4,9-10H,5-6H2,(H4,17,18,21)(H4,19,20,22). The van der Waals surface area contributed by atoms with Crippen LogP contribution in [0.15, 0.2) is 34.6 Å². The molecule has 1 aromatic carbocycles. The maximum atomic E-state index is 13.8. The molecular weight excluding hydrogens is 354 g/mol. The molecule has 0 saturated carbocycles. The largest absolute Gasteiger partial charge is 0.369 e. The molecule has 1 aromatic rings. The zero-order valence-corrected chi connectivity index (χ0v) is 13.5. The minimum Gasteiger partial charge on any atom is -0.367 e. The van der Waals surface area contributed by atoms with Gasteiger partial charge in [-0.3, -0.25) is 0 Å². The lowest BCUT2D eigenvalue weighted by molar-refractivity contribution is -0.150. The molecule has 2 atom stereocenters. The van der Waals surface area contributed by atoms with Crippen LogP contribution in [-0.2, 0) is 32.1 Å². The third-order valence-corrected chi connectivity index (χ3v) is 2.81. The number of carbonyl (C=O) groups is 2. The van der Waals surface area contributed by atoms with Gasteiger partial charge >= 0.3 is 11.9 Å². The van der Waals surface area contributed by atoms with Crippen LogP contribution in [0.2, 0.25) is 0 Å². The van der Waals surface area contributed by atoms with Gasteiger partial charge in [0.15, 0.2) is 0 Å². The van der Waals surface area contributed by atoms with E-state index in [0.717, 1.165) is 0 Å². The minimum absolute atomic E-state index is 0.359. The summed E-state index contributed by atoms with van der Waals surface area (Å²) in [5.41, 5.74) is 20.5. The Morgan fingerprint density at radius 3 is 1.62 bits per heavy atom. The van der Waals surface area contributed by atoms with Crippen LogP contribution >= 0.6 is 0 Å². The lowest BCUT2D eigenvalue weighted by Crippen LogP contribution is -2.26. The van der Waals surface area contributed by atoms with E-state index in [9.17, 15) is 18.4 Å². The average molecular weight is 372 g/mol. The van der Waals surface area contributed by atoms with Crippen LogP contribution in [0.4, 0.5) is 8.78 Å². The summed E-state index contributed by atoms with van der Waals surface area (Å²) < 4.78 is 27.6. The lowest BCUT2D eigenvalue weighted by Gasteiger charge is -2.09. The van der Waals surface area contributed by atoms with E-state index in [2.05, 4.69) is 20.0 Å². The second-order valence-corrected chi connectivity index (χ2v) is 5.02. The molecule has 0 spiro atoms. The molecule has 0 heterocycles. The van der Waals surface area contributed by atoms with Crippen LogP contribution in [0.1, 0.15) is 11.1 Å². The molecule has 0 aliphatic carbocycles. The molecule has 2 unspecified atom stereocenters. The van der Waals surface area contributed by atoms with Gasteiger partial charge in [0.05, 0.1) is 0 Å². The number of halogens is 2. The van der Waals surface area contributed by atoms with Gasteiger partial charge in [-0.1, -0.05) is 24.3 Å². The number of hydrogen-bond donors (Lipinski definition) is 4. The van der Waals surface area contributed by atoms with Crippen LogP contribution in [0, 0.1) is 0 Å². The molecule has 26 heavy (non-hydrogen) atoms. The highest BCUT2D eigenvalue weighted by Gasteiger charge is 2.22. The van der Waals surface area contributed by atoms with Crippen molar-refractivity contribution in [3.8, 4) is 0 Å². The van der Waals surface area contributed by atoms with Crippen LogP contribution < -0.4 is 22.9 Å². The highest BCUT2D eigenvalue weighted by Crippen LogP contribution is 2.14. The van der Waals surface area contributed by atoms with Crippen LogP contribution in [0.5, 0.6) is 0 Å². The van der Waals surface area contributed by atoms with Crippen LogP contribution in [0.25, 0.3) is 0 Å². The van der Waals surface area contributed by atoms with Crippen molar-refractivity contribution >= 4 is 23.9 Å². The summed E-state index contributed by atoms with van der Waals surface area (Å²) in [6, 6.07) is 5.94. The summed E-state index contributed by atoms with van der Waals surface area (Å²) in [7, 11) is 0. The molecule has 8 N–H and O–H groups in total. The first-order chi connectivity index (χ1) is 12.2. The Kier molecular flexibility index (Phi) is 7.73. The molecule has 0 bridgehead atoms. The number of hydrogen-bond acceptors (Lipinski definition) is 6. The van der Waals surface area contributed by atoms with Crippen LogP contribution in [-0.4, -0.2) is 36.2 Å². The minimum atomic E-state index is -2.04. The average Bonchev–Trinajstić information content (AvgIpc) is 2.57. The molecule has 0 aliphatic rings. The van der Waals surface area contributed by atoms with Gasteiger partial charge in [0.2, 0.25) is 24.3 Å².